The number of nitrogens with one attached hydrogen (secondary N) is 2. The largest absolute Gasteiger partial charge is 0.353 e. The quantitative estimate of drug-likeness (QED) is 0.339. The summed E-state index contributed by atoms with van der Waals surface area (Å²) >= 11 is 0. The number of anilines is 2. The maximum atomic E-state index is 12.7. The Labute approximate surface area is 200 Å². The fraction of sp³-hybridized carbons (Fsp3) is 0.357. The second kappa shape index (κ2) is 14.8. The number of allylic oxidation sites excluding steroid dienone is 3. The van der Waals surface area contributed by atoms with Crippen LogP contribution in [-0.4, -0.2) is 19.1 Å². The standard InChI is InChI=1S/C23H24N2O2.2C2H6.CH5N/c1-6-7-20-23(27)19-11-18(10-15(4)22(19)25-20)17-8-13(2)21(14(3)9-17)24-16(5)12-26;3*1-2/h7-12,24-25H,5-6H2,1-4H3;2*1-2H3;2H2,1H3/b20-7-;;;. The number of hydrogen-bond donors (Lipinski definition) is 3. The lowest BCUT2D eigenvalue weighted by Gasteiger charge is -2.15. The molecule has 2 aromatic rings. The van der Waals surface area contributed by atoms with Gasteiger partial charge in [0, 0.05) is 11.3 Å². The van der Waals surface area contributed by atoms with E-state index in [4.69, 9.17) is 0 Å². The number of nitrogens with two attached hydrogens (primary N) is 1. The van der Waals surface area contributed by atoms with Gasteiger partial charge in [0.15, 0.2) is 6.29 Å². The molecule has 5 nitrogen and oxygen atoms in total. The van der Waals surface area contributed by atoms with Crippen LogP contribution in [0.2, 0.25) is 0 Å². The van der Waals surface area contributed by atoms with Crippen molar-refractivity contribution in [1.29, 1.82) is 0 Å². The van der Waals surface area contributed by atoms with Crippen LogP contribution in [0, 0.1) is 20.8 Å². The molecular formula is C28H41N3O2. The lowest BCUT2D eigenvalue weighted by molar-refractivity contribution is -0.104. The van der Waals surface area contributed by atoms with Crippen LogP contribution in [0.15, 0.2) is 48.3 Å². The molecule has 0 aromatic heterocycles. The van der Waals surface area contributed by atoms with E-state index in [1.165, 1.54) is 7.05 Å². The van der Waals surface area contributed by atoms with Gasteiger partial charge in [0.25, 0.3) is 0 Å². The van der Waals surface area contributed by atoms with Gasteiger partial charge < -0.3 is 16.4 Å². The number of fused-ring (bicyclic) bond motifs is 1. The molecule has 0 amide bonds. The molecule has 0 aliphatic carbocycles. The van der Waals surface area contributed by atoms with Gasteiger partial charge in [-0.05, 0) is 86.3 Å². The van der Waals surface area contributed by atoms with Crippen LogP contribution in [0.3, 0.4) is 0 Å². The molecule has 4 N–H and O–H groups in total. The van der Waals surface area contributed by atoms with E-state index < -0.39 is 0 Å². The number of hydrogen-bond acceptors (Lipinski definition) is 5. The van der Waals surface area contributed by atoms with E-state index in [1.54, 1.807) is 0 Å². The van der Waals surface area contributed by atoms with Crippen molar-refractivity contribution in [3.05, 3.63) is 70.6 Å². The predicted molar refractivity (Wildman–Crippen MR) is 144 cm³/mol. The number of benzene rings is 2. The predicted octanol–water partition coefficient (Wildman–Crippen LogP) is 6.93. The molecule has 1 heterocycles. The monoisotopic (exact) mass is 451 g/mol. The van der Waals surface area contributed by atoms with Crippen LogP contribution in [0.5, 0.6) is 0 Å². The zero-order valence-corrected chi connectivity index (χ0v) is 21.8. The Balaban J connectivity index is 0.00000158. The van der Waals surface area contributed by atoms with Crippen molar-refractivity contribution < 1.29 is 9.59 Å². The molecule has 0 atom stereocenters. The maximum absolute atomic E-state index is 12.7. The van der Waals surface area contributed by atoms with E-state index in [-0.39, 0.29) is 5.78 Å². The van der Waals surface area contributed by atoms with E-state index in [1.807, 2.05) is 67.5 Å². The average Bonchev–Trinajstić information content (AvgIpc) is 3.16. The van der Waals surface area contributed by atoms with Gasteiger partial charge in [-0.1, -0.05) is 47.3 Å². The molecule has 1 aliphatic heterocycles. The summed E-state index contributed by atoms with van der Waals surface area (Å²) in [5.74, 6) is 0.0470. The fourth-order valence-electron chi connectivity index (χ4n) is 3.50. The van der Waals surface area contributed by atoms with E-state index in [0.717, 1.165) is 51.2 Å². The Morgan fingerprint density at radius 2 is 1.45 bits per heavy atom. The van der Waals surface area contributed by atoms with Crippen molar-refractivity contribution in [2.24, 2.45) is 5.73 Å². The first-order chi connectivity index (χ1) is 15.8. The topological polar surface area (TPSA) is 84.2 Å². The highest BCUT2D eigenvalue weighted by Crippen LogP contribution is 2.37. The first-order valence-corrected chi connectivity index (χ1v) is 11.6. The molecular weight excluding hydrogens is 410 g/mol. The van der Waals surface area contributed by atoms with Crippen LogP contribution >= 0.6 is 0 Å². The van der Waals surface area contributed by atoms with Crippen LogP contribution < -0.4 is 16.4 Å². The summed E-state index contributed by atoms with van der Waals surface area (Å²) in [6, 6.07) is 8.17. The summed E-state index contributed by atoms with van der Waals surface area (Å²) in [5, 5.41) is 6.30. The van der Waals surface area contributed by atoms with Gasteiger partial charge in [0.05, 0.1) is 17.1 Å². The van der Waals surface area contributed by atoms with Crippen molar-refractivity contribution in [2.45, 2.75) is 61.8 Å². The van der Waals surface area contributed by atoms with Crippen LogP contribution in [0.4, 0.5) is 11.4 Å². The molecule has 3 rings (SSSR count). The minimum absolute atomic E-state index is 0.0470. The summed E-state index contributed by atoms with van der Waals surface area (Å²) in [5.41, 5.74) is 13.1. The summed E-state index contributed by atoms with van der Waals surface area (Å²) < 4.78 is 0. The van der Waals surface area contributed by atoms with Gasteiger partial charge in [0.1, 0.15) is 0 Å². The van der Waals surface area contributed by atoms with Gasteiger partial charge in [-0.15, -0.1) is 0 Å². The van der Waals surface area contributed by atoms with E-state index >= 15 is 0 Å². The van der Waals surface area contributed by atoms with Gasteiger partial charge in [-0.3, -0.25) is 9.59 Å². The fourth-order valence-corrected chi connectivity index (χ4v) is 3.50. The van der Waals surface area contributed by atoms with E-state index in [0.29, 0.717) is 17.7 Å². The Morgan fingerprint density at radius 3 is 1.94 bits per heavy atom. The summed E-state index contributed by atoms with van der Waals surface area (Å²) in [6.07, 6.45) is 3.44. The second-order valence-electron chi connectivity index (χ2n) is 6.95. The number of ketones is 1. The molecule has 0 unspecified atom stereocenters. The summed E-state index contributed by atoms with van der Waals surface area (Å²) in [7, 11) is 1.50. The number of carbonyl (C=O) groups excluding carboxylic acids is 2. The third-order valence-corrected chi connectivity index (χ3v) is 4.79. The van der Waals surface area contributed by atoms with Gasteiger partial charge >= 0.3 is 0 Å². The van der Waals surface area contributed by atoms with Crippen molar-refractivity contribution in [3.63, 3.8) is 0 Å². The smallest absolute Gasteiger partial charge is 0.210 e. The zero-order chi connectivity index (χ0) is 25.7. The average molecular weight is 452 g/mol. The third kappa shape index (κ3) is 7.16. The number of aldehydes is 1. The highest BCUT2D eigenvalue weighted by Gasteiger charge is 2.26. The number of carbonyl (C=O) groups is 2. The molecule has 0 radical (unpaired) electrons. The molecule has 0 bridgehead atoms. The minimum Gasteiger partial charge on any atom is -0.353 e. The van der Waals surface area contributed by atoms with Crippen LogP contribution in [-0.2, 0) is 4.79 Å². The van der Waals surface area contributed by atoms with Gasteiger partial charge in [-0.25, -0.2) is 0 Å². The van der Waals surface area contributed by atoms with Crippen molar-refractivity contribution in [1.82, 2.24) is 0 Å². The summed E-state index contributed by atoms with van der Waals surface area (Å²) in [4.78, 5) is 23.5. The van der Waals surface area contributed by atoms with Crippen molar-refractivity contribution in [2.75, 3.05) is 17.7 Å². The Morgan fingerprint density at radius 1 is 0.970 bits per heavy atom. The van der Waals surface area contributed by atoms with Gasteiger partial charge in [-0.2, -0.15) is 0 Å². The third-order valence-electron chi connectivity index (χ3n) is 4.79. The lowest BCUT2D eigenvalue weighted by Crippen LogP contribution is -2.03. The first-order valence-electron chi connectivity index (χ1n) is 11.6. The first kappa shape index (κ1) is 29.8. The highest BCUT2D eigenvalue weighted by atomic mass is 16.1. The van der Waals surface area contributed by atoms with Crippen molar-refractivity contribution >= 4 is 23.4 Å². The minimum atomic E-state index is 0.0470. The molecule has 1 aliphatic rings. The molecule has 0 spiro atoms. The molecule has 180 valence electrons. The lowest BCUT2D eigenvalue weighted by atomic mass is 9.94. The van der Waals surface area contributed by atoms with Crippen LogP contribution in [0.25, 0.3) is 11.1 Å². The van der Waals surface area contributed by atoms with Crippen LogP contribution in [0.1, 0.15) is 68.1 Å². The summed E-state index contributed by atoms with van der Waals surface area (Å²) in [6.45, 7) is 19.7. The molecule has 2 aromatic carbocycles. The molecule has 0 saturated heterocycles. The van der Waals surface area contributed by atoms with Gasteiger partial charge in [0.2, 0.25) is 5.78 Å². The molecule has 0 saturated carbocycles. The number of aryl methyl sites for hydroxylation is 3. The molecule has 5 heteroatoms. The Kier molecular flexibility index (Phi) is 13.4. The molecule has 0 fully saturated rings. The Hall–Kier alpha value is -3.18. The van der Waals surface area contributed by atoms with E-state index in [9.17, 15) is 9.59 Å². The highest BCUT2D eigenvalue weighted by molar-refractivity contribution is 6.19. The van der Waals surface area contributed by atoms with Crippen molar-refractivity contribution in [3.8, 4) is 11.1 Å². The zero-order valence-electron chi connectivity index (χ0n) is 21.8. The maximum Gasteiger partial charge on any atom is 0.210 e. The SMILES string of the molecule is C=C(C=O)Nc1c(C)cc(-c2cc(C)c3c(c2)C(=O)/C(=C/CC)N3)cc1C.CC.CC.CN. The number of rotatable bonds is 5. The van der Waals surface area contributed by atoms with E-state index in [2.05, 4.69) is 41.1 Å². The second-order valence-corrected chi connectivity index (χ2v) is 6.95. The normalized spacial score (nSPS) is 12.1. The number of Topliss-reactive ketones (excluding diaryl/α,β-unsaturated/α-hetero) is 1. The molecule has 33 heavy (non-hydrogen) atoms. The Bertz CT molecular complexity index is 981.